The van der Waals surface area contributed by atoms with Crippen molar-refractivity contribution in [2.75, 3.05) is 39.9 Å². The molecule has 7 nitrogen and oxygen atoms in total. The lowest BCUT2D eigenvalue weighted by molar-refractivity contribution is 0.204. The van der Waals surface area contributed by atoms with Crippen LogP contribution in [0.5, 0.6) is 0 Å². The van der Waals surface area contributed by atoms with E-state index >= 15 is 0 Å². The number of benzene rings is 1. The van der Waals surface area contributed by atoms with Crippen molar-refractivity contribution in [3.05, 3.63) is 29.8 Å². The summed E-state index contributed by atoms with van der Waals surface area (Å²) in [5.41, 5.74) is 0.866. The van der Waals surface area contributed by atoms with E-state index in [9.17, 15) is 8.42 Å². The molecule has 1 aliphatic heterocycles. The minimum Gasteiger partial charge on any atom is -0.383 e. The summed E-state index contributed by atoms with van der Waals surface area (Å²) in [7, 11) is -2.00. The Hall–Kier alpha value is -0.910. The number of rotatable bonds is 8. The van der Waals surface area contributed by atoms with Crippen LogP contribution in [0.4, 0.5) is 0 Å². The van der Waals surface area contributed by atoms with Crippen LogP contribution in [0.3, 0.4) is 0 Å². The Bertz CT molecular complexity index is 720. The average Bonchev–Trinajstić information content (AvgIpc) is 2.66. The predicted molar refractivity (Wildman–Crippen MR) is 124 cm³/mol. The van der Waals surface area contributed by atoms with Crippen LogP contribution < -0.4 is 10.0 Å². The molecule has 1 aliphatic rings. The SMILES string of the molecule is CCNC(=NCc1cccc(S(=O)(=O)NCCOC)c1)N1CCC(C)CC1.I. The van der Waals surface area contributed by atoms with E-state index in [1.807, 2.05) is 6.07 Å². The van der Waals surface area contributed by atoms with E-state index in [2.05, 4.69) is 28.8 Å². The molecule has 0 aromatic heterocycles. The van der Waals surface area contributed by atoms with Gasteiger partial charge >= 0.3 is 0 Å². The van der Waals surface area contributed by atoms with Crippen LogP contribution in [0.15, 0.2) is 34.2 Å². The quantitative estimate of drug-likeness (QED) is 0.236. The summed E-state index contributed by atoms with van der Waals surface area (Å²) in [6.07, 6.45) is 2.34. The molecule has 0 atom stereocenters. The second-order valence-electron chi connectivity index (χ2n) is 6.88. The Morgan fingerprint density at radius 3 is 2.68 bits per heavy atom. The maximum Gasteiger partial charge on any atom is 0.240 e. The maximum absolute atomic E-state index is 12.4. The molecule has 28 heavy (non-hydrogen) atoms. The predicted octanol–water partition coefficient (Wildman–Crippen LogP) is 2.43. The second kappa shape index (κ2) is 12.6. The average molecular weight is 524 g/mol. The van der Waals surface area contributed by atoms with E-state index < -0.39 is 10.0 Å². The Balaban J connectivity index is 0.00000392. The Labute approximate surface area is 186 Å². The third kappa shape index (κ3) is 7.84. The normalized spacial score (nSPS) is 16.0. The van der Waals surface area contributed by atoms with Crippen LogP contribution in [0.25, 0.3) is 0 Å². The number of methoxy groups -OCH3 is 1. The number of guanidine groups is 1. The highest BCUT2D eigenvalue weighted by Gasteiger charge is 2.18. The van der Waals surface area contributed by atoms with Crippen LogP contribution in [-0.4, -0.2) is 59.2 Å². The van der Waals surface area contributed by atoms with E-state index in [0.717, 1.165) is 37.1 Å². The third-order valence-electron chi connectivity index (χ3n) is 4.64. The van der Waals surface area contributed by atoms with Crippen molar-refractivity contribution in [3.8, 4) is 0 Å². The molecule has 0 radical (unpaired) electrons. The van der Waals surface area contributed by atoms with Crippen molar-refractivity contribution in [2.24, 2.45) is 10.9 Å². The fourth-order valence-electron chi connectivity index (χ4n) is 2.98. The summed E-state index contributed by atoms with van der Waals surface area (Å²) < 4.78 is 32.1. The zero-order valence-electron chi connectivity index (χ0n) is 17.0. The number of nitrogens with zero attached hydrogens (tertiary/aromatic N) is 2. The van der Waals surface area contributed by atoms with Gasteiger partial charge in [0.15, 0.2) is 5.96 Å². The lowest BCUT2D eigenvalue weighted by Crippen LogP contribution is -2.45. The summed E-state index contributed by atoms with van der Waals surface area (Å²) in [5, 5.41) is 3.35. The fourth-order valence-corrected chi connectivity index (χ4v) is 4.07. The molecule has 1 aromatic carbocycles. The van der Waals surface area contributed by atoms with Gasteiger partial charge in [0.2, 0.25) is 10.0 Å². The van der Waals surface area contributed by atoms with E-state index in [1.54, 1.807) is 18.2 Å². The van der Waals surface area contributed by atoms with Crippen molar-refractivity contribution < 1.29 is 13.2 Å². The number of halogens is 1. The van der Waals surface area contributed by atoms with E-state index in [-0.39, 0.29) is 35.4 Å². The van der Waals surface area contributed by atoms with Crippen LogP contribution in [0.2, 0.25) is 0 Å². The lowest BCUT2D eigenvalue weighted by Gasteiger charge is -2.33. The number of hydrogen-bond donors (Lipinski definition) is 2. The van der Waals surface area contributed by atoms with Crippen LogP contribution in [0.1, 0.15) is 32.3 Å². The number of nitrogens with one attached hydrogen (secondary N) is 2. The monoisotopic (exact) mass is 524 g/mol. The van der Waals surface area contributed by atoms with E-state index in [1.165, 1.54) is 20.0 Å². The molecule has 0 unspecified atom stereocenters. The number of sulfonamides is 1. The van der Waals surface area contributed by atoms with Gasteiger partial charge in [-0.25, -0.2) is 18.1 Å². The van der Waals surface area contributed by atoms with Gasteiger partial charge in [0.25, 0.3) is 0 Å². The van der Waals surface area contributed by atoms with Gasteiger partial charge < -0.3 is 15.0 Å². The number of likely N-dealkylation sites (tertiary alicyclic amines) is 1. The number of hydrogen-bond acceptors (Lipinski definition) is 4. The van der Waals surface area contributed by atoms with Gasteiger partial charge in [0.05, 0.1) is 18.0 Å². The van der Waals surface area contributed by atoms with Gasteiger partial charge in [0.1, 0.15) is 0 Å². The Morgan fingerprint density at radius 1 is 1.32 bits per heavy atom. The van der Waals surface area contributed by atoms with Crippen molar-refractivity contribution >= 4 is 40.0 Å². The first-order valence-corrected chi connectivity index (χ1v) is 11.1. The lowest BCUT2D eigenvalue weighted by atomic mass is 10.00. The first-order chi connectivity index (χ1) is 13.0. The van der Waals surface area contributed by atoms with Gasteiger partial charge in [-0.1, -0.05) is 19.1 Å². The molecule has 0 saturated carbocycles. The minimum atomic E-state index is -3.53. The summed E-state index contributed by atoms with van der Waals surface area (Å²) in [6.45, 7) is 8.19. The summed E-state index contributed by atoms with van der Waals surface area (Å²) in [5.74, 6) is 1.66. The molecule has 0 bridgehead atoms. The molecular formula is C19H33IN4O3S. The molecule has 1 fully saturated rings. The van der Waals surface area contributed by atoms with E-state index in [4.69, 9.17) is 9.73 Å². The second-order valence-corrected chi connectivity index (χ2v) is 8.64. The Kier molecular flexibility index (Phi) is 11.3. The molecule has 160 valence electrons. The van der Waals surface area contributed by atoms with Crippen molar-refractivity contribution in [1.82, 2.24) is 14.9 Å². The van der Waals surface area contributed by atoms with Gasteiger partial charge in [-0.3, -0.25) is 0 Å². The van der Waals surface area contributed by atoms with Crippen LogP contribution in [-0.2, 0) is 21.3 Å². The highest BCUT2D eigenvalue weighted by Crippen LogP contribution is 2.17. The Morgan fingerprint density at radius 2 is 2.04 bits per heavy atom. The number of ether oxygens (including phenoxy) is 1. The molecule has 0 amide bonds. The number of aliphatic imine (C=N–C) groups is 1. The van der Waals surface area contributed by atoms with Gasteiger partial charge in [0, 0.05) is 33.3 Å². The number of piperidine rings is 1. The largest absolute Gasteiger partial charge is 0.383 e. The first kappa shape index (κ1) is 25.1. The molecular weight excluding hydrogens is 491 g/mol. The topological polar surface area (TPSA) is 83.0 Å². The molecule has 1 saturated heterocycles. The molecule has 9 heteroatoms. The molecule has 2 N–H and O–H groups in total. The highest BCUT2D eigenvalue weighted by molar-refractivity contribution is 14.0. The molecule has 0 spiro atoms. The van der Waals surface area contributed by atoms with Gasteiger partial charge in [-0.2, -0.15) is 0 Å². The summed E-state index contributed by atoms with van der Waals surface area (Å²) in [6, 6.07) is 6.94. The van der Waals surface area contributed by atoms with Crippen LogP contribution >= 0.6 is 24.0 Å². The third-order valence-corrected chi connectivity index (χ3v) is 6.10. The minimum absolute atomic E-state index is 0. The molecule has 1 heterocycles. The summed E-state index contributed by atoms with van der Waals surface area (Å²) >= 11 is 0. The van der Waals surface area contributed by atoms with Crippen LogP contribution in [0, 0.1) is 5.92 Å². The summed E-state index contributed by atoms with van der Waals surface area (Å²) in [4.78, 5) is 7.27. The van der Waals surface area contributed by atoms with Gasteiger partial charge in [-0.15, -0.1) is 24.0 Å². The molecule has 2 rings (SSSR count). The fraction of sp³-hybridized carbons (Fsp3) is 0.632. The van der Waals surface area contributed by atoms with E-state index in [0.29, 0.717) is 13.2 Å². The van der Waals surface area contributed by atoms with Crippen molar-refractivity contribution in [1.29, 1.82) is 0 Å². The zero-order chi connectivity index (χ0) is 19.7. The van der Waals surface area contributed by atoms with Crippen molar-refractivity contribution in [3.63, 3.8) is 0 Å². The van der Waals surface area contributed by atoms with Crippen molar-refractivity contribution in [2.45, 2.75) is 38.1 Å². The smallest absolute Gasteiger partial charge is 0.240 e. The maximum atomic E-state index is 12.4. The molecule has 1 aromatic rings. The zero-order valence-corrected chi connectivity index (χ0v) is 20.1. The first-order valence-electron chi connectivity index (χ1n) is 9.57. The standard InChI is InChI=1S/C19H32N4O3S.HI/c1-4-20-19(23-11-8-16(2)9-12-23)21-15-17-6-5-7-18(14-17)27(24,25)22-10-13-26-3;/h5-7,14,16,22H,4,8-13,15H2,1-3H3,(H,20,21);1H. The highest BCUT2D eigenvalue weighted by atomic mass is 127. The van der Waals surface area contributed by atoms with Gasteiger partial charge in [-0.05, 0) is 43.4 Å². The molecule has 0 aliphatic carbocycles.